The summed E-state index contributed by atoms with van der Waals surface area (Å²) in [4.78, 5) is 9.87. The number of nitrogens with two attached hydrogens (primary N) is 1. The van der Waals surface area contributed by atoms with Gasteiger partial charge in [0.15, 0.2) is 0 Å². The van der Waals surface area contributed by atoms with E-state index in [2.05, 4.69) is 15.0 Å². The molecule has 2 heterocycles. The highest BCUT2D eigenvalue weighted by molar-refractivity contribution is 5.87. The molecule has 0 saturated carbocycles. The predicted octanol–water partition coefficient (Wildman–Crippen LogP) is 2.74. The van der Waals surface area contributed by atoms with Gasteiger partial charge in [-0.1, -0.05) is 13.3 Å². The van der Waals surface area contributed by atoms with Crippen molar-refractivity contribution in [3.8, 4) is 6.01 Å². The molecule has 0 amide bonds. The first-order valence-corrected chi connectivity index (χ1v) is 5.78. The van der Waals surface area contributed by atoms with E-state index in [1.165, 1.54) is 0 Å². The number of nitrogen functional groups attached to an aromatic ring is 1. The minimum absolute atomic E-state index is 0.0194. The Morgan fingerprint density at radius 2 is 2.11 bits per heavy atom. The molecule has 0 aliphatic heterocycles. The Bertz CT molecular complexity index is 579. The molecule has 3 N–H and O–H groups in total. The molecule has 19 heavy (non-hydrogen) atoms. The summed E-state index contributed by atoms with van der Waals surface area (Å²) in [6.07, 6.45) is -2.74. The molecule has 0 fully saturated rings. The molecule has 0 spiro atoms. The van der Waals surface area contributed by atoms with E-state index in [0.29, 0.717) is 6.61 Å². The molecule has 0 unspecified atom stereocenters. The summed E-state index contributed by atoms with van der Waals surface area (Å²) in [5.74, 6) is -0.0387. The number of nitrogens with zero attached hydrogens (tertiary/aromatic N) is 2. The van der Waals surface area contributed by atoms with Gasteiger partial charge in [-0.3, -0.25) is 0 Å². The zero-order valence-electron chi connectivity index (χ0n) is 10.2. The van der Waals surface area contributed by atoms with Gasteiger partial charge in [0, 0.05) is 0 Å². The van der Waals surface area contributed by atoms with Crippen molar-refractivity contribution in [2.45, 2.75) is 25.9 Å². The third kappa shape index (κ3) is 2.88. The van der Waals surface area contributed by atoms with Crippen LogP contribution in [-0.2, 0) is 6.18 Å². The molecule has 0 aliphatic carbocycles. The fraction of sp³-hybridized carbons (Fsp3) is 0.455. The Morgan fingerprint density at radius 3 is 2.74 bits per heavy atom. The molecule has 2 aromatic heterocycles. The van der Waals surface area contributed by atoms with Crippen LogP contribution in [0.15, 0.2) is 6.07 Å². The zero-order chi connectivity index (χ0) is 14.0. The number of anilines is 1. The summed E-state index contributed by atoms with van der Waals surface area (Å²) < 4.78 is 42.9. The summed E-state index contributed by atoms with van der Waals surface area (Å²) >= 11 is 0. The summed E-state index contributed by atoms with van der Waals surface area (Å²) in [6, 6.07) is 0.870. The van der Waals surface area contributed by atoms with E-state index in [1.54, 1.807) is 0 Å². The monoisotopic (exact) mass is 274 g/mol. The molecule has 0 saturated heterocycles. The lowest BCUT2D eigenvalue weighted by molar-refractivity contribution is -0.140. The second kappa shape index (κ2) is 4.94. The second-order valence-electron chi connectivity index (χ2n) is 4.04. The van der Waals surface area contributed by atoms with Crippen molar-refractivity contribution >= 4 is 16.9 Å². The molecule has 0 aromatic carbocycles. The fourth-order valence-corrected chi connectivity index (χ4v) is 1.54. The summed E-state index contributed by atoms with van der Waals surface area (Å²) in [6.45, 7) is 2.39. The Labute approximate surface area is 107 Å². The van der Waals surface area contributed by atoms with Crippen LogP contribution >= 0.6 is 0 Å². The summed E-state index contributed by atoms with van der Waals surface area (Å²) in [5, 5.41) is 0.134. The lowest BCUT2D eigenvalue weighted by Crippen LogP contribution is -2.04. The van der Waals surface area contributed by atoms with Crippen LogP contribution in [0, 0.1) is 0 Å². The van der Waals surface area contributed by atoms with E-state index in [1.807, 2.05) is 6.92 Å². The molecule has 104 valence electrons. The average molecular weight is 274 g/mol. The van der Waals surface area contributed by atoms with Gasteiger partial charge in [0.1, 0.15) is 17.2 Å². The number of fused-ring (bicyclic) bond motifs is 1. The first kappa shape index (κ1) is 13.4. The van der Waals surface area contributed by atoms with Crippen molar-refractivity contribution in [2.75, 3.05) is 12.3 Å². The molecular weight excluding hydrogens is 261 g/mol. The molecular formula is C11H13F3N4O. The van der Waals surface area contributed by atoms with Crippen LogP contribution in [0.1, 0.15) is 25.5 Å². The Balaban J connectivity index is 2.34. The van der Waals surface area contributed by atoms with Crippen molar-refractivity contribution in [1.29, 1.82) is 0 Å². The highest BCUT2D eigenvalue weighted by Gasteiger charge is 2.33. The van der Waals surface area contributed by atoms with Crippen molar-refractivity contribution in [2.24, 2.45) is 0 Å². The van der Waals surface area contributed by atoms with E-state index < -0.39 is 11.9 Å². The number of nitrogens with one attached hydrogen (secondary N) is 1. The SMILES string of the molecule is CCCCOc1nc(N)c2cc(C(F)(F)F)[nH]c2n1. The smallest absolute Gasteiger partial charge is 0.431 e. The number of halogens is 3. The largest absolute Gasteiger partial charge is 0.463 e. The molecule has 5 nitrogen and oxygen atoms in total. The number of aromatic nitrogens is 3. The third-order valence-corrected chi connectivity index (χ3v) is 2.53. The number of unbranched alkanes of at least 4 members (excludes halogenated alkanes) is 1. The van der Waals surface area contributed by atoms with Gasteiger partial charge in [0.05, 0.1) is 12.0 Å². The van der Waals surface area contributed by atoms with Crippen molar-refractivity contribution < 1.29 is 17.9 Å². The van der Waals surface area contributed by atoms with E-state index in [4.69, 9.17) is 10.5 Å². The van der Waals surface area contributed by atoms with Crippen LogP contribution in [0.3, 0.4) is 0 Å². The average Bonchev–Trinajstić information content (AvgIpc) is 2.73. The summed E-state index contributed by atoms with van der Waals surface area (Å²) in [7, 11) is 0. The quantitative estimate of drug-likeness (QED) is 0.840. The minimum Gasteiger partial charge on any atom is -0.463 e. The zero-order valence-corrected chi connectivity index (χ0v) is 10.2. The maximum absolute atomic E-state index is 12.6. The van der Waals surface area contributed by atoms with Gasteiger partial charge in [-0.2, -0.15) is 23.1 Å². The van der Waals surface area contributed by atoms with Crippen LogP contribution in [0.5, 0.6) is 6.01 Å². The maximum atomic E-state index is 12.6. The van der Waals surface area contributed by atoms with E-state index >= 15 is 0 Å². The highest BCUT2D eigenvalue weighted by atomic mass is 19.4. The molecule has 0 atom stereocenters. The standard InChI is InChI=1S/C11H13F3N4O/c1-2-3-4-19-10-17-8(15)6-5-7(11(12,13)14)16-9(6)18-10/h5H,2-4H2,1H3,(H3,15,16,17,18). The van der Waals surface area contributed by atoms with Crippen LogP contribution in [0.25, 0.3) is 11.0 Å². The van der Waals surface area contributed by atoms with E-state index in [9.17, 15) is 13.2 Å². The van der Waals surface area contributed by atoms with Gasteiger partial charge in [-0.25, -0.2) is 0 Å². The fourth-order valence-electron chi connectivity index (χ4n) is 1.54. The first-order valence-electron chi connectivity index (χ1n) is 5.78. The van der Waals surface area contributed by atoms with Gasteiger partial charge < -0.3 is 15.5 Å². The van der Waals surface area contributed by atoms with Crippen LogP contribution in [-0.4, -0.2) is 21.6 Å². The van der Waals surface area contributed by atoms with E-state index in [-0.39, 0.29) is 22.9 Å². The number of alkyl halides is 3. The number of rotatable bonds is 4. The predicted molar refractivity (Wildman–Crippen MR) is 63.7 cm³/mol. The molecule has 0 aliphatic rings. The van der Waals surface area contributed by atoms with Crippen molar-refractivity contribution in [3.63, 3.8) is 0 Å². The van der Waals surface area contributed by atoms with Crippen LogP contribution in [0.4, 0.5) is 19.0 Å². The lowest BCUT2D eigenvalue weighted by Gasteiger charge is -2.04. The first-order chi connectivity index (χ1) is 8.91. The highest BCUT2D eigenvalue weighted by Crippen LogP contribution is 2.32. The lowest BCUT2D eigenvalue weighted by atomic mass is 10.3. The Kier molecular flexibility index (Phi) is 3.50. The van der Waals surface area contributed by atoms with E-state index in [0.717, 1.165) is 18.9 Å². The normalized spacial score (nSPS) is 12.0. The van der Waals surface area contributed by atoms with Crippen LogP contribution < -0.4 is 10.5 Å². The van der Waals surface area contributed by atoms with Gasteiger partial charge in [-0.05, 0) is 12.5 Å². The Morgan fingerprint density at radius 1 is 1.37 bits per heavy atom. The van der Waals surface area contributed by atoms with Crippen LogP contribution in [0.2, 0.25) is 0 Å². The molecule has 8 heteroatoms. The number of aromatic amines is 1. The second-order valence-corrected chi connectivity index (χ2v) is 4.04. The number of ether oxygens (including phenoxy) is 1. The Hall–Kier alpha value is -1.99. The van der Waals surface area contributed by atoms with Gasteiger partial charge >= 0.3 is 12.2 Å². The number of hydrogen-bond acceptors (Lipinski definition) is 4. The molecule has 0 bridgehead atoms. The molecule has 2 aromatic rings. The van der Waals surface area contributed by atoms with Crippen molar-refractivity contribution in [1.82, 2.24) is 15.0 Å². The molecule has 2 rings (SSSR count). The number of hydrogen-bond donors (Lipinski definition) is 2. The molecule has 0 radical (unpaired) electrons. The number of H-pyrrole nitrogens is 1. The minimum atomic E-state index is -4.48. The third-order valence-electron chi connectivity index (χ3n) is 2.53. The van der Waals surface area contributed by atoms with Gasteiger partial charge in [0.25, 0.3) is 0 Å². The van der Waals surface area contributed by atoms with Gasteiger partial charge in [0.2, 0.25) is 0 Å². The summed E-state index contributed by atoms with van der Waals surface area (Å²) in [5.41, 5.74) is 4.71. The van der Waals surface area contributed by atoms with Crippen molar-refractivity contribution in [3.05, 3.63) is 11.8 Å². The maximum Gasteiger partial charge on any atom is 0.431 e. The van der Waals surface area contributed by atoms with Gasteiger partial charge in [-0.15, -0.1) is 0 Å². The topological polar surface area (TPSA) is 76.8 Å².